The summed E-state index contributed by atoms with van der Waals surface area (Å²) in [5, 5.41) is 12.3. The topological polar surface area (TPSA) is 120 Å². The highest BCUT2D eigenvalue weighted by Crippen LogP contribution is 2.36. The van der Waals surface area contributed by atoms with Crippen molar-refractivity contribution in [2.45, 2.75) is 6.10 Å². The number of thiazole rings is 1. The van der Waals surface area contributed by atoms with E-state index in [4.69, 9.17) is 24.2 Å². The fourth-order valence-electron chi connectivity index (χ4n) is 3.41. The number of methoxy groups -OCH3 is 3. The van der Waals surface area contributed by atoms with Gasteiger partial charge in [0.15, 0.2) is 16.6 Å². The summed E-state index contributed by atoms with van der Waals surface area (Å²) >= 11 is 1.28. The van der Waals surface area contributed by atoms with Crippen molar-refractivity contribution < 1.29 is 28.5 Å². The molecule has 1 atom stereocenters. The van der Waals surface area contributed by atoms with Gasteiger partial charge in [0.1, 0.15) is 5.75 Å². The van der Waals surface area contributed by atoms with Gasteiger partial charge < -0.3 is 18.9 Å². The van der Waals surface area contributed by atoms with E-state index in [2.05, 4.69) is 16.4 Å². The first kappa shape index (κ1) is 24.5. The molecule has 1 heterocycles. The van der Waals surface area contributed by atoms with Gasteiger partial charge in [-0.25, -0.2) is 9.78 Å². The van der Waals surface area contributed by atoms with Crippen LogP contribution in [-0.2, 0) is 9.53 Å². The van der Waals surface area contributed by atoms with Crippen LogP contribution in [0.15, 0.2) is 60.7 Å². The van der Waals surface area contributed by atoms with Gasteiger partial charge in [-0.05, 0) is 36.4 Å². The number of carbonyl (C=O) groups excluding carboxylic acids is 2. The van der Waals surface area contributed by atoms with Gasteiger partial charge in [0, 0.05) is 17.7 Å². The number of nitriles is 1. The third kappa shape index (κ3) is 5.21. The minimum Gasteiger partial charge on any atom is -0.493 e. The maximum Gasteiger partial charge on any atom is 0.337 e. The summed E-state index contributed by atoms with van der Waals surface area (Å²) in [5.74, 6) is 0.510. The van der Waals surface area contributed by atoms with Gasteiger partial charge in [0.25, 0.3) is 5.91 Å². The second kappa shape index (κ2) is 10.8. The lowest BCUT2D eigenvalue weighted by Crippen LogP contribution is -2.25. The number of fused-ring (bicyclic) bond motifs is 1. The minimum absolute atomic E-state index is 0.351. The number of ether oxygens (including phenoxy) is 4. The smallest absolute Gasteiger partial charge is 0.337 e. The number of nitrogens with one attached hydrogen (secondary N) is 1. The van der Waals surface area contributed by atoms with E-state index in [1.807, 2.05) is 0 Å². The van der Waals surface area contributed by atoms with Crippen molar-refractivity contribution in [3.05, 3.63) is 77.4 Å². The van der Waals surface area contributed by atoms with Crippen LogP contribution in [0, 0.1) is 11.3 Å². The summed E-state index contributed by atoms with van der Waals surface area (Å²) in [6.45, 7) is 0. The molecule has 1 unspecified atom stereocenters. The molecule has 0 aliphatic heterocycles. The summed E-state index contributed by atoms with van der Waals surface area (Å²) in [4.78, 5) is 29.6. The highest BCUT2D eigenvalue weighted by atomic mass is 32.1. The monoisotopic (exact) mass is 503 g/mol. The fourth-order valence-corrected chi connectivity index (χ4v) is 4.29. The maximum atomic E-state index is 13.4. The first-order valence-corrected chi connectivity index (χ1v) is 11.5. The number of esters is 1. The van der Waals surface area contributed by atoms with E-state index in [0.29, 0.717) is 44.6 Å². The Morgan fingerprint density at radius 3 is 2.25 bits per heavy atom. The zero-order valence-corrected chi connectivity index (χ0v) is 20.4. The van der Waals surface area contributed by atoms with Crippen LogP contribution in [0.25, 0.3) is 10.2 Å². The number of amides is 1. The molecule has 0 aliphatic rings. The Morgan fingerprint density at radius 2 is 1.64 bits per heavy atom. The minimum atomic E-state index is -1.06. The van der Waals surface area contributed by atoms with Crippen molar-refractivity contribution in [2.75, 3.05) is 26.6 Å². The van der Waals surface area contributed by atoms with Crippen LogP contribution in [0.5, 0.6) is 17.2 Å². The van der Waals surface area contributed by atoms with Crippen molar-refractivity contribution in [2.24, 2.45) is 0 Å². The molecule has 0 aliphatic carbocycles. The molecule has 0 saturated heterocycles. The van der Waals surface area contributed by atoms with Crippen molar-refractivity contribution in [3.63, 3.8) is 0 Å². The molecular weight excluding hydrogens is 482 g/mol. The summed E-state index contributed by atoms with van der Waals surface area (Å²) in [7, 11) is 4.38. The molecule has 0 radical (unpaired) electrons. The van der Waals surface area contributed by atoms with Crippen molar-refractivity contribution in [1.82, 2.24) is 4.98 Å². The molecule has 4 aromatic rings. The number of benzene rings is 3. The van der Waals surface area contributed by atoms with E-state index in [-0.39, 0.29) is 0 Å². The van der Waals surface area contributed by atoms with Gasteiger partial charge in [-0.3, -0.25) is 10.1 Å². The lowest BCUT2D eigenvalue weighted by Gasteiger charge is -2.19. The lowest BCUT2D eigenvalue weighted by molar-refractivity contribution is -0.123. The SMILES string of the molecule is COC(=O)c1ccc(OC(C(=O)Nc2nc3cc(OC)c(OC)cc3s2)c2ccc(C#N)cc2)cc1. The van der Waals surface area contributed by atoms with E-state index >= 15 is 0 Å². The normalized spacial score (nSPS) is 11.3. The lowest BCUT2D eigenvalue weighted by atomic mass is 10.1. The molecule has 9 nitrogen and oxygen atoms in total. The molecule has 0 bridgehead atoms. The largest absolute Gasteiger partial charge is 0.493 e. The zero-order chi connectivity index (χ0) is 25.7. The number of rotatable bonds is 8. The molecule has 0 fully saturated rings. The summed E-state index contributed by atoms with van der Waals surface area (Å²) < 4.78 is 22.2. The second-order valence-electron chi connectivity index (χ2n) is 7.43. The predicted molar refractivity (Wildman–Crippen MR) is 134 cm³/mol. The Balaban J connectivity index is 1.62. The van der Waals surface area contributed by atoms with Gasteiger partial charge >= 0.3 is 5.97 Å². The highest BCUT2D eigenvalue weighted by molar-refractivity contribution is 7.22. The zero-order valence-electron chi connectivity index (χ0n) is 19.6. The summed E-state index contributed by atoms with van der Waals surface area (Å²) in [6, 6.07) is 18.3. The highest BCUT2D eigenvalue weighted by Gasteiger charge is 2.25. The molecule has 3 aromatic carbocycles. The molecule has 1 N–H and O–H groups in total. The van der Waals surface area contributed by atoms with Crippen molar-refractivity contribution in [3.8, 4) is 23.3 Å². The molecule has 10 heteroatoms. The molecule has 0 spiro atoms. The van der Waals surface area contributed by atoms with Gasteiger partial charge in [0.05, 0.1) is 48.7 Å². The molecule has 1 amide bonds. The average molecular weight is 504 g/mol. The van der Waals surface area contributed by atoms with E-state index in [9.17, 15) is 9.59 Å². The molecule has 36 heavy (non-hydrogen) atoms. The van der Waals surface area contributed by atoms with Crippen LogP contribution in [0.1, 0.15) is 27.6 Å². The third-order valence-corrected chi connectivity index (χ3v) is 6.17. The number of nitrogens with zero attached hydrogens (tertiary/aromatic N) is 2. The Morgan fingerprint density at radius 1 is 0.972 bits per heavy atom. The first-order chi connectivity index (χ1) is 17.4. The number of hydrogen-bond acceptors (Lipinski definition) is 9. The van der Waals surface area contributed by atoms with E-state index in [0.717, 1.165) is 4.70 Å². The molecular formula is C26H21N3O6S. The number of anilines is 1. The molecule has 4 rings (SSSR count). The van der Waals surface area contributed by atoms with Crippen molar-refractivity contribution >= 4 is 38.6 Å². The van der Waals surface area contributed by atoms with Crippen molar-refractivity contribution in [1.29, 1.82) is 5.26 Å². The molecule has 1 aromatic heterocycles. The van der Waals surface area contributed by atoms with Crippen LogP contribution in [0.4, 0.5) is 5.13 Å². The fraction of sp³-hybridized carbons (Fsp3) is 0.154. The predicted octanol–water partition coefficient (Wildman–Crippen LogP) is 4.73. The quantitative estimate of drug-likeness (QED) is 0.343. The van der Waals surface area contributed by atoms with Gasteiger partial charge in [-0.1, -0.05) is 23.5 Å². The average Bonchev–Trinajstić information content (AvgIpc) is 3.31. The molecule has 0 saturated carbocycles. The molecule has 182 valence electrons. The van der Waals surface area contributed by atoms with Gasteiger partial charge in [-0.2, -0.15) is 5.26 Å². The van der Waals surface area contributed by atoms with E-state index in [1.54, 1.807) is 67.8 Å². The number of carbonyl (C=O) groups is 2. The second-order valence-corrected chi connectivity index (χ2v) is 8.46. The van der Waals surface area contributed by atoms with Gasteiger partial charge in [-0.15, -0.1) is 0 Å². The maximum absolute atomic E-state index is 13.4. The van der Waals surface area contributed by atoms with Crippen LogP contribution in [0.2, 0.25) is 0 Å². The Bertz CT molecular complexity index is 1400. The van der Waals surface area contributed by atoms with E-state index in [1.165, 1.54) is 25.6 Å². The Kier molecular flexibility index (Phi) is 7.32. The van der Waals surface area contributed by atoms with Crippen LogP contribution in [-0.4, -0.2) is 38.2 Å². The summed E-state index contributed by atoms with van der Waals surface area (Å²) in [5.41, 5.74) is 1.98. The Labute approximate surface area is 210 Å². The first-order valence-electron chi connectivity index (χ1n) is 10.6. The van der Waals surface area contributed by atoms with Crippen LogP contribution in [0.3, 0.4) is 0 Å². The van der Waals surface area contributed by atoms with Crippen LogP contribution >= 0.6 is 11.3 Å². The number of aromatic nitrogens is 1. The van der Waals surface area contributed by atoms with Gasteiger partial charge in [0.2, 0.25) is 6.10 Å². The third-order valence-electron chi connectivity index (χ3n) is 5.23. The summed E-state index contributed by atoms with van der Waals surface area (Å²) in [6.07, 6.45) is -1.06. The van der Waals surface area contributed by atoms with Crippen LogP contribution < -0.4 is 19.5 Å². The standard InChI is InChI=1S/C26H21N3O6S/c1-32-20-12-19-22(13-21(20)33-2)36-26(28-19)29-24(30)23(16-6-4-15(14-27)5-7-16)35-18-10-8-17(9-11-18)25(31)34-3/h4-13,23H,1-3H3,(H,28,29,30). The van der Waals surface area contributed by atoms with E-state index < -0.39 is 18.0 Å². The Hall–Kier alpha value is -4.62. The number of hydrogen-bond donors (Lipinski definition) is 1.